The molecule has 450 valence electrons. The molecule has 0 aromatic heterocycles. The lowest BCUT2D eigenvalue weighted by Crippen LogP contribution is -2.61. The third kappa shape index (κ3) is 41.8. The summed E-state index contributed by atoms with van der Waals surface area (Å²) in [5.74, 6) is -1.22. The lowest BCUT2D eigenvalue weighted by Gasteiger charge is -2.41. The number of unbranched alkanes of at least 4 members (excludes halogenated alkanes) is 30. The second-order valence-electron chi connectivity index (χ2n) is 21.8. The molecule has 1 rings (SSSR count). The van der Waals surface area contributed by atoms with Crippen molar-refractivity contribution in [3.63, 3.8) is 0 Å². The third-order valence-electron chi connectivity index (χ3n) is 14.6. The maximum atomic E-state index is 13.4. The summed E-state index contributed by atoms with van der Waals surface area (Å²) < 4.78 is 17.6. The fourth-order valence-electron chi connectivity index (χ4n) is 9.57. The van der Waals surface area contributed by atoms with Gasteiger partial charge in [-0.25, -0.2) is 0 Å². The molecule has 0 spiro atoms. The van der Waals surface area contributed by atoms with Gasteiger partial charge in [-0.3, -0.25) is 9.59 Å². The number of allylic oxidation sites excluding steroid dienone is 13. The number of carbonyl (C=O) groups is 2. The van der Waals surface area contributed by atoms with Crippen molar-refractivity contribution in [2.45, 2.75) is 314 Å². The Hall–Kier alpha value is -3.16. The van der Waals surface area contributed by atoms with E-state index in [0.29, 0.717) is 12.8 Å². The van der Waals surface area contributed by atoms with Crippen LogP contribution in [0.2, 0.25) is 0 Å². The molecule has 0 saturated carbocycles. The smallest absolute Gasteiger partial charge is 0.306 e. The second-order valence-corrected chi connectivity index (χ2v) is 21.8. The van der Waals surface area contributed by atoms with Crippen LogP contribution in [-0.4, -0.2) is 99.6 Å². The van der Waals surface area contributed by atoms with E-state index in [-0.39, 0.29) is 19.4 Å². The maximum absolute atomic E-state index is 13.4. The number of aliphatic hydroxyl groups excluding tert-OH is 5. The minimum Gasteiger partial charge on any atom is -0.454 e. The zero-order chi connectivity index (χ0) is 56.8. The van der Waals surface area contributed by atoms with Gasteiger partial charge < -0.3 is 45.1 Å². The van der Waals surface area contributed by atoms with Gasteiger partial charge in [0.2, 0.25) is 5.91 Å². The van der Waals surface area contributed by atoms with Gasteiger partial charge in [-0.15, -0.1) is 0 Å². The first-order valence-corrected chi connectivity index (χ1v) is 31.9. The van der Waals surface area contributed by atoms with Gasteiger partial charge >= 0.3 is 5.97 Å². The summed E-state index contributed by atoms with van der Waals surface area (Å²) >= 11 is 0. The van der Waals surface area contributed by atoms with Crippen molar-refractivity contribution < 1.29 is 49.3 Å². The number of nitrogens with one attached hydrogen (secondary N) is 1. The maximum Gasteiger partial charge on any atom is 0.306 e. The van der Waals surface area contributed by atoms with Crippen LogP contribution in [0, 0.1) is 0 Å². The van der Waals surface area contributed by atoms with E-state index in [1.54, 1.807) is 6.08 Å². The molecule has 0 bridgehead atoms. The van der Waals surface area contributed by atoms with Gasteiger partial charge in [-0.05, 0) is 77.0 Å². The Morgan fingerprint density at radius 3 is 1.51 bits per heavy atom. The van der Waals surface area contributed by atoms with Crippen molar-refractivity contribution in [2.24, 2.45) is 0 Å². The molecule has 1 heterocycles. The van der Waals surface area contributed by atoms with Crippen LogP contribution in [0.1, 0.15) is 265 Å². The van der Waals surface area contributed by atoms with E-state index in [0.717, 1.165) is 83.5 Å². The van der Waals surface area contributed by atoms with Crippen molar-refractivity contribution in [2.75, 3.05) is 13.2 Å². The first-order valence-electron chi connectivity index (χ1n) is 31.9. The molecule has 1 saturated heterocycles. The largest absolute Gasteiger partial charge is 0.454 e. The molecule has 11 heteroatoms. The topological polar surface area (TPSA) is 175 Å². The van der Waals surface area contributed by atoms with E-state index >= 15 is 0 Å². The zero-order valence-electron chi connectivity index (χ0n) is 49.8. The molecule has 0 radical (unpaired) electrons. The van der Waals surface area contributed by atoms with E-state index in [2.05, 4.69) is 62.5 Å². The monoisotopic (exact) mass is 1100 g/mol. The summed E-state index contributed by atoms with van der Waals surface area (Å²) in [4.78, 5) is 26.5. The first-order chi connectivity index (χ1) is 38.2. The van der Waals surface area contributed by atoms with Crippen LogP contribution in [-0.2, 0) is 23.8 Å². The van der Waals surface area contributed by atoms with Crippen molar-refractivity contribution in [1.82, 2.24) is 5.32 Å². The molecule has 1 amide bonds. The summed E-state index contributed by atoms with van der Waals surface area (Å²) in [6.45, 7) is 5.62. The lowest BCUT2D eigenvalue weighted by atomic mass is 9.99. The molecule has 6 N–H and O–H groups in total. The highest BCUT2D eigenvalue weighted by Gasteiger charge is 2.47. The number of hydrogen-bond acceptors (Lipinski definition) is 10. The van der Waals surface area contributed by atoms with Crippen LogP contribution in [0.25, 0.3) is 0 Å². The fraction of sp³-hybridized carbons (Fsp3) is 0.761. The van der Waals surface area contributed by atoms with Gasteiger partial charge in [0.1, 0.15) is 24.4 Å². The summed E-state index contributed by atoms with van der Waals surface area (Å²) in [5, 5.41) is 57.0. The predicted molar refractivity (Wildman–Crippen MR) is 324 cm³/mol. The van der Waals surface area contributed by atoms with E-state index < -0.39 is 67.4 Å². The van der Waals surface area contributed by atoms with E-state index in [1.807, 2.05) is 42.5 Å². The molecule has 8 atom stereocenters. The Bertz CT molecular complexity index is 1590. The molecular formula is C67H117NO10. The van der Waals surface area contributed by atoms with Crippen LogP contribution in [0.4, 0.5) is 0 Å². The standard InChI is InChI=1S/C67H117NO10/c1-4-7-10-13-16-19-22-25-27-28-29-30-31-32-33-35-36-39-42-45-48-51-54-60(71)66(75)68-58(59(70)53-50-47-44-41-38-24-21-18-15-12-9-6-3)57-76-67-65(64(74)63(73)61(56-69)77-67)78-62(72)55-52-49-46-43-40-37-34-26-23-20-17-14-11-8-5-2/h8,11,14,16-17,19-20,23,25-27,34,50,53,58-61,63-65,67,69-71,73-74H,4-7,9-10,12-13,15,18,21-22,24,28-33,35-49,51-52,54-57H2,1-3H3,(H,68,75)/b11-8+,17-14+,19-16-,23-20+,27-25-,34-26-,53-50+. The van der Waals surface area contributed by atoms with E-state index in [4.69, 9.17) is 14.2 Å². The number of ether oxygens (including phenoxy) is 3. The number of rotatable bonds is 53. The minimum atomic E-state index is -1.63. The zero-order valence-corrected chi connectivity index (χ0v) is 49.8. The highest BCUT2D eigenvalue weighted by molar-refractivity contribution is 5.80. The van der Waals surface area contributed by atoms with E-state index in [9.17, 15) is 35.1 Å². The normalized spacial score (nSPS) is 19.5. The number of carbonyl (C=O) groups excluding carboxylic acids is 2. The highest BCUT2D eigenvalue weighted by Crippen LogP contribution is 2.26. The van der Waals surface area contributed by atoms with Crippen LogP contribution >= 0.6 is 0 Å². The summed E-state index contributed by atoms with van der Waals surface area (Å²) in [6, 6.07) is -1.03. The Balaban J connectivity index is 2.65. The number of esters is 1. The molecule has 1 fully saturated rings. The average Bonchev–Trinajstić information content (AvgIpc) is 3.45. The second kappa shape index (κ2) is 54.4. The molecule has 11 nitrogen and oxygen atoms in total. The van der Waals surface area contributed by atoms with Gasteiger partial charge in [0.25, 0.3) is 0 Å². The summed E-state index contributed by atoms with van der Waals surface area (Å²) in [5.41, 5.74) is 0. The Morgan fingerprint density at radius 1 is 0.526 bits per heavy atom. The van der Waals surface area contributed by atoms with Gasteiger partial charge in [0.05, 0.1) is 25.4 Å². The first kappa shape index (κ1) is 72.9. The molecule has 0 aliphatic carbocycles. The molecule has 78 heavy (non-hydrogen) atoms. The fourth-order valence-corrected chi connectivity index (χ4v) is 9.57. The highest BCUT2D eigenvalue weighted by atomic mass is 16.7. The molecule has 8 unspecified atom stereocenters. The number of amides is 1. The van der Waals surface area contributed by atoms with Crippen LogP contribution in [0.15, 0.2) is 85.1 Å². The predicted octanol–water partition coefficient (Wildman–Crippen LogP) is 15.3. The third-order valence-corrected chi connectivity index (χ3v) is 14.6. The average molecular weight is 1100 g/mol. The quantitative estimate of drug-likeness (QED) is 0.0149. The molecule has 1 aliphatic heterocycles. The Kier molecular flexibility index (Phi) is 50.8. The SMILES string of the molecule is CC/C=C/C=C/C=C/C=C\CCCCCCCC(=O)OC1C(OCC(NC(=O)C(O)CCCCCCCCCCCCCC/C=C\C/C=C\CCCCC)C(O)/C=C/CCCCCCCCCCCC)OC(CO)C(O)C1O. The van der Waals surface area contributed by atoms with Crippen LogP contribution < -0.4 is 5.32 Å². The van der Waals surface area contributed by atoms with Gasteiger partial charge in [0.15, 0.2) is 12.4 Å². The Labute approximate surface area is 476 Å². The van der Waals surface area contributed by atoms with Gasteiger partial charge in [0, 0.05) is 6.42 Å². The van der Waals surface area contributed by atoms with Crippen molar-refractivity contribution in [3.05, 3.63) is 85.1 Å². The van der Waals surface area contributed by atoms with E-state index in [1.165, 1.54) is 135 Å². The summed E-state index contributed by atoms with van der Waals surface area (Å²) in [7, 11) is 0. The molecule has 1 aliphatic rings. The summed E-state index contributed by atoms with van der Waals surface area (Å²) in [6.07, 6.45) is 60.5. The van der Waals surface area contributed by atoms with Crippen LogP contribution in [0.5, 0.6) is 0 Å². The molecule has 0 aromatic carbocycles. The Morgan fingerprint density at radius 2 is 0.974 bits per heavy atom. The minimum absolute atomic E-state index is 0.0945. The lowest BCUT2D eigenvalue weighted by molar-refractivity contribution is -0.305. The molecule has 0 aromatic rings. The van der Waals surface area contributed by atoms with Crippen LogP contribution in [0.3, 0.4) is 0 Å². The van der Waals surface area contributed by atoms with Gasteiger partial charge in [-0.1, -0.05) is 266 Å². The number of hydrogen-bond donors (Lipinski definition) is 6. The van der Waals surface area contributed by atoms with Gasteiger partial charge in [-0.2, -0.15) is 0 Å². The van der Waals surface area contributed by atoms with Crippen molar-refractivity contribution in [1.29, 1.82) is 0 Å². The number of aliphatic hydroxyl groups is 5. The van der Waals surface area contributed by atoms with Crippen molar-refractivity contribution in [3.8, 4) is 0 Å². The van der Waals surface area contributed by atoms with Crippen molar-refractivity contribution >= 4 is 11.9 Å². The molecular weight excluding hydrogens is 979 g/mol.